The molecule has 8 heteroatoms. The van der Waals surface area contributed by atoms with Crippen LogP contribution in [0.25, 0.3) is 0 Å². The molecule has 1 N–H and O–H groups in total. The van der Waals surface area contributed by atoms with Gasteiger partial charge in [0.25, 0.3) is 5.91 Å². The summed E-state index contributed by atoms with van der Waals surface area (Å²) in [5.74, 6) is -0.497. The molecule has 0 aliphatic rings. The third-order valence-corrected chi connectivity index (χ3v) is 4.88. The number of amides is 1. The number of nitrogens with one attached hydrogen (secondary N) is 1. The SMILES string of the molecule is COc1cc(/C=N/NC(=O)c2ccc(C)cc2Cl)ccc1OC(=O)c1ccccc1Cl. The molecule has 0 saturated carbocycles. The first-order chi connectivity index (χ1) is 14.9. The standard InChI is InChI=1S/C23H18Cl2N2O4/c1-14-7-9-16(19(25)11-14)22(28)27-26-13-15-8-10-20(21(12-15)30-2)31-23(29)17-5-3-4-6-18(17)24/h3-13H,1-2H3,(H,27,28)/b26-13+. The highest BCUT2D eigenvalue weighted by molar-refractivity contribution is 6.34. The molecule has 0 aliphatic carbocycles. The number of carbonyl (C=O) groups excluding carboxylic acids is 2. The number of halogens is 2. The summed E-state index contributed by atoms with van der Waals surface area (Å²) in [5, 5.41) is 4.58. The molecule has 0 atom stereocenters. The summed E-state index contributed by atoms with van der Waals surface area (Å²) in [6.07, 6.45) is 1.43. The number of hydrogen-bond acceptors (Lipinski definition) is 5. The summed E-state index contributed by atoms with van der Waals surface area (Å²) in [6.45, 7) is 1.88. The molecule has 0 heterocycles. The minimum absolute atomic E-state index is 0.222. The Hall–Kier alpha value is -3.35. The van der Waals surface area contributed by atoms with Gasteiger partial charge in [0.05, 0.1) is 34.5 Å². The lowest BCUT2D eigenvalue weighted by Crippen LogP contribution is -2.18. The number of methoxy groups -OCH3 is 1. The number of esters is 1. The lowest BCUT2D eigenvalue weighted by atomic mass is 10.1. The summed E-state index contributed by atoms with van der Waals surface area (Å²) < 4.78 is 10.7. The van der Waals surface area contributed by atoms with Crippen LogP contribution in [-0.2, 0) is 0 Å². The number of aryl methyl sites for hydroxylation is 1. The van der Waals surface area contributed by atoms with E-state index in [4.69, 9.17) is 32.7 Å². The van der Waals surface area contributed by atoms with Crippen molar-refractivity contribution in [2.24, 2.45) is 5.10 Å². The Labute approximate surface area is 189 Å². The molecular weight excluding hydrogens is 439 g/mol. The molecule has 0 unspecified atom stereocenters. The molecule has 31 heavy (non-hydrogen) atoms. The fourth-order valence-corrected chi connectivity index (χ4v) is 3.19. The van der Waals surface area contributed by atoms with E-state index in [1.165, 1.54) is 13.3 Å². The Balaban J connectivity index is 1.70. The lowest BCUT2D eigenvalue weighted by Gasteiger charge is -2.10. The van der Waals surface area contributed by atoms with Crippen molar-refractivity contribution in [2.75, 3.05) is 7.11 Å². The Morgan fingerprint density at radius 2 is 1.71 bits per heavy atom. The van der Waals surface area contributed by atoms with Crippen LogP contribution in [0, 0.1) is 6.92 Å². The minimum Gasteiger partial charge on any atom is -0.493 e. The van der Waals surface area contributed by atoms with Gasteiger partial charge in [-0.15, -0.1) is 0 Å². The van der Waals surface area contributed by atoms with E-state index in [0.717, 1.165) is 5.56 Å². The normalized spacial score (nSPS) is 10.7. The van der Waals surface area contributed by atoms with Crippen LogP contribution in [0.2, 0.25) is 10.0 Å². The second kappa shape index (κ2) is 10.1. The number of ether oxygens (including phenoxy) is 2. The van der Waals surface area contributed by atoms with Gasteiger partial charge in [0, 0.05) is 0 Å². The highest BCUT2D eigenvalue weighted by atomic mass is 35.5. The molecule has 3 aromatic carbocycles. The zero-order valence-electron chi connectivity index (χ0n) is 16.7. The van der Waals surface area contributed by atoms with Gasteiger partial charge in [0.15, 0.2) is 11.5 Å². The van der Waals surface area contributed by atoms with Gasteiger partial charge in [-0.25, -0.2) is 10.2 Å². The molecule has 6 nitrogen and oxygen atoms in total. The van der Waals surface area contributed by atoms with E-state index in [-0.39, 0.29) is 11.3 Å². The van der Waals surface area contributed by atoms with Gasteiger partial charge in [-0.1, -0.05) is 41.4 Å². The highest BCUT2D eigenvalue weighted by Crippen LogP contribution is 2.29. The molecule has 0 bridgehead atoms. The molecule has 0 aromatic heterocycles. The molecule has 0 radical (unpaired) electrons. The van der Waals surface area contributed by atoms with Crippen molar-refractivity contribution in [3.05, 3.63) is 93.0 Å². The van der Waals surface area contributed by atoms with Crippen LogP contribution in [0.3, 0.4) is 0 Å². The van der Waals surface area contributed by atoms with Crippen molar-refractivity contribution < 1.29 is 19.1 Å². The first-order valence-corrected chi connectivity index (χ1v) is 9.89. The van der Waals surface area contributed by atoms with E-state index in [1.54, 1.807) is 60.7 Å². The van der Waals surface area contributed by atoms with E-state index in [9.17, 15) is 9.59 Å². The van der Waals surface area contributed by atoms with Crippen LogP contribution < -0.4 is 14.9 Å². The summed E-state index contributed by atoms with van der Waals surface area (Å²) >= 11 is 12.1. The molecule has 0 fully saturated rings. The fraction of sp³-hybridized carbons (Fsp3) is 0.0870. The third-order valence-electron chi connectivity index (χ3n) is 4.23. The number of carbonyl (C=O) groups is 2. The molecule has 0 spiro atoms. The number of benzene rings is 3. The smallest absolute Gasteiger partial charge is 0.345 e. The van der Waals surface area contributed by atoms with Crippen LogP contribution in [-0.4, -0.2) is 25.2 Å². The van der Waals surface area contributed by atoms with Gasteiger partial charge in [-0.2, -0.15) is 5.10 Å². The maximum Gasteiger partial charge on any atom is 0.345 e. The van der Waals surface area contributed by atoms with Crippen LogP contribution in [0.1, 0.15) is 31.8 Å². The van der Waals surface area contributed by atoms with Crippen molar-refractivity contribution >= 4 is 41.3 Å². The summed E-state index contributed by atoms with van der Waals surface area (Å²) in [7, 11) is 1.45. The topological polar surface area (TPSA) is 77.0 Å². The lowest BCUT2D eigenvalue weighted by molar-refractivity contribution is 0.0729. The molecule has 3 aromatic rings. The number of hydrazone groups is 1. The van der Waals surface area contributed by atoms with Gasteiger partial charge in [0.1, 0.15) is 0 Å². The molecular formula is C23H18Cl2N2O4. The quantitative estimate of drug-likeness (QED) is 0.236. The maximum atomic E-state index is 12.4. The molecule has 1 amide bonds. The summed E-state index contributed by atoms with van der Waals surface area (Å²) in [4.78, 5) is 24.6. The van der Waals surface area contributed by atoms with Crippen molar-refractivity contribution in [3.63, 3.8) is 0 Å². The van der Waals surface area contributed by atoms with Crippen molar-refractivity contribution in [3.8, 4) is 11.5 Å². The van der Waals surface area contributed by atoms with Crippen LogP contribution in [0.4, 0.5) is 0 Å². The molecule has 158 valence electrons. The van der Waals surface area contributed by atoms with E-state index in [2.05, 4.69) is 10.5 Å². The average molecular weight is 457 g/mol. The third kappa shape index (κ3) is 5.63. The van der Waals surface area contributed by atoms with Gasteiger partial charge >= 0.3 is 5.97 Å². The number of rotatable bonds is 6. The molecule has 0 saturated heterocycles. The first-order valence-electron chi connectivity index (χ1n) is 9.13. The second-order valence-electron chi connectivity index (χ2n) is 6.46. The van der Waals surface area contributed by atoms with Crippen molar-refractivity contribution in [2.45, 2.75) is 6.92 Å². The largest absolute Gasteiger partial charge is 0.493 e. The van der Waals surface area contributed by atoms with E-state index in [0.29, 0.717) is 26.9 Å². The Morgan fingerprint density at radius 3 is 2.42 bits per heavy atom. The minimum atomic E-state index is -0.604. The first kappa shape index (κ1) is 22.3. The second-order valence-corrected chi connectivity index (χ2v) is 7.28. The highest BCUT2D eigenvalue weighted by Gasteiger charge is 2.15. The van der Waals surface area contributed by atoms with Gasteiger partial charge in [0.2, 0.25) is 0 Å². The predicted molar refractivity (Wildman–Crippen MR) is 121 cm³/mol. The van der Waals surface area contributed by atoms with Crippen LogP contribution in [0.15, 0.2) is 65.8 Å². The predicted octanol–water partition coefficient (Wildman–Crippen LogP) is 5.29. The monoisotopic (exact) mass is 456 g/mol. The maximum absolute atomic E-state index is 12.4. The van der Waals surface area contributed by atoms with Gasteiger partial charge < -0.3 is 9.47 Å². The number of nitrogens with zero attached hydrogens (tertiary/aromatic N) is 1. The summed E-state index contributed by atoms with van der Waals surface area (Å²) in [6, 6.07) is 16.5. The fourth-order valence-electron chi connectivity index (χ4n) is 2.66. The zero-order valence-corrected chi connectivity index (χ0v) is 18.2. The van der Waals surface area contributed by atoms with Gasteiger partial charge in [-0.05, 0) is 60.5 Å². The Bertz CT molecular complexity index is 1160. The van der Waals surface area contributed by atoms with Gasteiger partial charge in [-0.3, -0.25) is 4.79 Å². The van der Waals surface area contributed by atoms with Crippen molar-refractivity contribution in [1.82, 2.24) is 5.43 Å². The van der Waals surface area contributed by atoms with Crippen LogP contribution >= 0.6 is 23.2 Å². The molecule has 3 rings (SSSR count). The Kier molecular flexibility index (Phi) is 7.28. The summed E-state index contributed by atoms with van der Waals surface area (Å²) in [5.41, 5.74) is 4.56. The van der Waals surface area contributed by atoms with Crippen molar-refractivity contribution in [1.29, 1.82) is 0 Å². The average Bonchev–Trinajstić information content (AvgIpc) is 2.74. The Morgan fingerprint density at radius 1 is 0.935 bits per heavy atom. The van der Waals surface area contributed by atoms with E-state index in [1.807, 2.05) is 6.92 Å². The molecule has 0 aliphatic heterocycles. The zero-order chi connectivity index (χ0) is 22.4. The van der Waals surface area contributed by atoms with E-state index < -0.39 is 11.9 Å². The van der Waals surface area contributed by atoms with Crippen LogP contribution in [0.5, 0.6) is 11.5 Å². The number of hydrogen-bond donors (Lipinski definition) is 1. The van der Waals surface area contributed by atoms with E-state index >= 15 is 0 Å².